The lowest BCUT2D eigenvalue weighted by molar-refractivity contribution is -0.222. The number of benzene rings is 1. The van der Waals surface area contributed by atoms with Crippen LogP contribution in [0, 0.1) is 6.92 Å². The number of carboxylic acids is 1. The molecule has 1 aliphatic heterocycles. The van der Waals surface area contributed by atoms with E-state index in [1.807, 2.05) is 0 Å². The molecule has 1 aliphatic rings. The van der Waals surface area contributed by atoms with E-state index in [2.05, 4.69) is 5.32 Å². The smallest absolute Gasteiger partial charge is 0.350 e. The molecule has 1 heterocycles. The second-order valence-corrected chi connectivity index (χ2v) is 5.77. The fraction of sp³-hybridized carbons (Fsp3) is 0.267. The van der Waals surface area contributed by atoms with Gasteiger partial charge in [-0.15, -0.1) is 0 Å². The molecule has 0 aromatic heterocycles. The lowest BCUT2D eigenvalue weighted by atomic mass is 10.1. The monoisotopic (exact) mass is 339 g/mol. The molecule has 0 aliphatic carbocycles. The van der Waals surface area contributed by atoms with Crippen molar-refractivity contribution in [2.24, 2.45) is 0 Å². The highest BCUT2D eigenvalue weighted by Crippen LogP contribution is 2.27. The molecule has 1 aromatic rings. The molecular weight excluding hydrogens is 326 g/mol. The van der Waals surface area contributed by atoms with Crippen LogP contribution in [0.15, 0.2) is 23.9 Å². The molecule has 7 nitrogen and oxygen atoms in total. The first kappa shape index (κ1) is 16.8. The zero-order valence-corrected chi connectivity index (χ0v) is 13.4. The van der Waals surface area contributed by atoms with Crippen molar-refractivity contribution in [2.75, 3.05) is 5.32 Å². The molecule has 122 valence electrons. The van der Waals surface area contributed by atoms with E-state index in [9.17, 15) is 19.5 Å². The van der Waals surface area contributed by atoms with E-state index in [4.69, 9.17) is 21.1 Å². The van der Waals surface area contributed by atoms with Crippen molar-refractivity contribution in [2.45, 2.75) is 26.6 Å². The van der Waals surface area contributed by atoms with Crippen molar-refractivity contribution in [1.82, 2.24) is 0 Å². The summed E-state index contributed by atoms with van der Waals surface area (Å²) in [6.45, 7) is 4.50. The van der Waals surface area contributed by atoms with Gasteiger partial charge in [0.1, 0.15) is 0 Å². The first-order chi connectivity index (χ1) is 10.6. The van der Waals surface area contributed by atoms with Gasteiger partial charge in [0, 0.05) is 25.1 Å². The van der Waals surface area contributed by atoms with Crippen LogP contribution >= 0.6 is 11.6 Å². The summed E-state index contributed by atoms with van der Waals surface area (Å²) in [6, 6.07) is 2.81. The molecule has 0 bridgehead atoms. The Hall–Kier alpha value is -2.54. The highest BCUT2D eigenvalue weighted by atomic mass is 35.5. The van der Waals surface area contributed by atoms with E-state index in [1.54, 1.807) is 13.0 Å². The van der Waals surface area contributed by atoms with Crippen LogP contribution < -0.4 is 5.32 Å². The molecule has 0 spiro atoms. The molecule has 23 heavy (non-hydrogen) atoms. The summed E-state index contributed by atoms with van der Waals surface area (Å²) in [7, 11) is 0. The van der Waals surface area contributed by atoms with Gasteiger partial charge in [-0.05, 0) is 24.6 Å². The Balaban J connectivity index is 2.35. The summed E-state index contributed by atoms with van der Waals surface area (Å²) in [5.74, 6) is -4.26. The maximum absolute atomic E-state index is 11.8. The minimum Gasteiger partial charge on any atom is -0.478 e. The maximum Gasteiger partial charge on any atom is 0.350 e. The van der Waals surface area contributed by atoms with Crippen LogP contribution in [0.1, 0.15) is 29.8 Å². The first-order valence-corrected chi connectivity index (χ1v) is 6.95. The number of aromatic carboxylic acids is 1. The van der Waals surface area contributed by atoms with Crippen LogP contribution in [-0.2, 0) is 19.1 Å². The minimum atomic E-state index is -1.34. The largest absolute Gasteiger partial charge is 0.478 e. The van der Waals surface area contributed by atoms with E-state index in [-0.39, 0.29) is 21.8 Å². The van der Waals surface area contributed by atoms with Gasteiger partial charge in [0.2, 0.25) is 0 Å². The fourth-order valence-corrected chi connectivity index (χ4v) is 2.30. The van der Waals surface area contributed by atoms with Crippen LogP contribution in [0.5, 0.6) is 0 Å². The zero-order valence-electron chi connectivity index (χ0n) is 12.6. The number of anilines is 1. The number of cyclic esters (lactones) is 2. The molecule has 1 saturated heterocycles. The molecule has 0 saturated carbocycles. The van der Waals surface area contributed by atoms with Crippen LogP contribution in [0.3, 0.4) is 0 Å². The molecule has 1 aromatic carbocycles. The predicted molar refractivity (Wildman–Crippen MR) is 81.1 cm³/mol. The van der Waals surface area contributed by atoms with Crippen molar-refractivity contribution in [3.63, 3.8) is 0 Å². The van der Waals surface area contributed by atoms with Gasteiger partial charge in [0.25, 0.3) is 5.79 Å². The van der Waals surface area contributed by atoms with Crippen LogP contribution in [-0.4, -0.2) is 28.8 Å². The standard InChI is InChI=1S/C15H14ClNO6/c1-7-4-8(16)5-9(12(18)19)11(7)17-6-10-13(20)22-15(2,3)23-14(10)21/h4-6,17H,1-3H3,(H,18,19). The van der Waals surface area contributed by atoms with Gasteiger partial charge in [0.15, 0.2) is 5.57 Å². The number of nitrogens with one attached hydrogen (secondary N) is 1. The number of carbonyl (C=O) groups is 3. The van der Waals surface area contributed by atoms with Gasteiger partial charge in [-0.2, -0.15) is 0 Å². The second-order valence-electron chi connectivity index (χ2n) is 5.33. The number of aryl methyl sites for hydroxylation is 1. The summed E-state index contributed by atoms with van der Waals surface area (Å²) >= 11 is 5.84. The van der Waals surface area contributed by atoms with E-state index >= 15 is 0 Å². The van der Waals surface area contributed by atoms with Crippen molar-refractivity contribution in [3.8, 4) is 0 Å². The Morgan fingerprint density at radius 1 is 1.26 bits per heavy atom. The molecule has 2 N–H and O–H groups in total. The van der Waals surface area contributed by atoms with Gasteiger partial charge in [0.05, 0.1) is 11.3 Å². The van der Waals surface area contributed by atoms with Crippen molar-refractivity contribution in [1.29, 1.82) is 0 Å². The van der Waals surface area contributed by atoms with Gasteiger partial charge in [-0.1, -0.05) is 11.6 Å². The molecule has 0 amide bonds. The van der Waals surface area contributed by atoms with E-state index in [0.29, 0.717) is 5.56 Å². The summed E-state index contributed by atoms with van der Waals surface area (Å²) < 4.78 is 9.89. The average molecular weight is 340 g/mol. The third-order valence-electron chi connectivity index (χ3n) is 3.01. The zero-order chi connectivity index (χ0) is 17.4. The maximum atomic E-state index is 11.8. The average Bonchev–Trinajstić information content (AvgIpc) is 2.37. The summed E-state index contributed by atoms with van der Waals surface area (Å²) in [5, 5.41) is 12.1. The Labute approximate surface area is 136 Å². The van der Waals surface area contributed by atoms with Crippen LogP contribution in [0.25, 0.3) is 0 Å². The Morgan fingerprint density at radius 3 is 2.35 bits per heavy atom. The van der Waals surface area contributed by atoms with E-state index in [0.717, 1.165) is 6.20 Å². The highest BCUT2D eigenvalue weighted by Gasteiger charge is 2.39. The lowest BCUT2D eigenvalue weighted by Gasteiger charge is -2.29. The molecule has 2 rings (SSSR count). The van der Waals surface area contributed by atoms with Gasteiger partial charge in [-0.25, -0.2) is 14.4 Å². The topological polar surface area (TPSA) is 102 Å². The van der Waals surface area contributed by atoms with Crippen LogP contribution in [0.2, 0.25) is 5.02 Å². The molecule has 8 heteroatoms. The number of esters is 2. The number of hydrogen-bond acceptors (Lipinski definition) is 6. The second kappa shape index (κ2) is 5.92. The van der Waals surface area contributed by atoms with Crippen molar-refractivity contribution in [3.05, 3.63) is 40.1 Å². The number of ether oxygens (including phenoxy) is 2. The highest BCUT2D eigenvalue weighted by molar-refractivity contribution is 6.31. The molecular formula is C15H14ClNO6. The number of halogens is 1. The Morgan fingerprint density at radius 2 is 1.83 bits per heavy atom. The Bertz CT molecular complexity index is 716. The molecule has 0 radical (unpaired) electrons. The number of hydrogen-bond donors (Lipinski definition) is 2. The van der Waals surface area contributed by atoms with Gasteiger partial charge >= 0.3 is 17.9 Å². The van der Waals surface area contributed by atoms with Crippen molar-refractivity contribution >= 4 is 35.2 Å². The molecule has 0 atom stereocenters. The third-order valence-corrected chi connectivity index (χ3v) is 3.23. The number of carbonyl (C=O) groups excluding carboxylic acids is 2. The lowest BCUT2D eigenvalue weighted by Crippen LogP contribution is -2.42. The quantitative estimate of drug-likeness (QED) is 0.495. The SMILES string of the molecule is Cc1cc(Cl)cc(C(=O)O)c1NC=C1C(=O)OC(C)(C)OC1=O. The normalized spacial score (nSPS) is 16.4. The molecule has 1 fully saturated rings. The number of rotatable bonds is 3. The van der Waals surface area contributed by atoms with E-state index < -0.39 is 23.7 Å². The first-order valence-electron chi connectivity index (χ1n) is 6.57. The summed E-state index contributed by atoms with van der Waals surface area (Å²) in [4.78, 5) is 34.9. The van der Waals surface area contributed by atoms with Gasteiger partial charge < -0.3 is 19.9 Å². The molecule has 0 unspecified atom stereocenters. The summed E-state index contributed by atoms with van der Waals surface area (Å²) in [6.07, 6.45) is 1.06. The van der Waals surface area contributed by atoms with E-state index in [1.165, 1.54) is 19.9 Å². The summed E-state index contributed by atoms with van der Waals surface area (Å²) in [5.41, 5.74) is 0.282. The van der Waals surface area contributed by atoms with Crippen LogP contribution in [0.4, 0.5) is 5.69 Å². The number of carboxylic acid groups (broad SMARTS) is 1. The minimum absolute atomic E-state index is 0.0928. The van der Waals surface area contributed by atoms with Gasteiger partial charge in [-0.3, -0.25) is 0 Å². The predicted octanol–water partition coefficient (Wildman–Crippen LogP) is 2.48. The van der Waals surface area contributed by atoms with Crippen molar-refractivity contribution < 1.29 is 29.0 Å². The fourth-order valence-electron chi connectivity index (χ4n) is 2.03. The third kappa shape index (κ3) is 3.62. The Kier molecular flexibility index (Phi) is 4.33.